The van der Waals surface area contributed by atoms with E-state index in [1.807, 2.05) is 31.1 Å². The number of carbonyl (C=O) groups is 1. The van der Waals surface area contributed by atoms with Gasteiger partial charge < -0.3 is 9.64 Å². The molecule has 0 radical (unpaired) electrons. The van der Waals surface area contributed by atoms with E-state index >= 15 is 0 Å². The number of thiol groups is 2. The molecule has 0 aliphatic rings. The highest BCUT2D eigenvalue weighted by atomic mass is 32.1. The number of nitrogens with zero attached hydrogens (tertiary/aromatic N) is 2. The minimum atomic E-state index is -0.233. The first-order chi connectivity index (χ1) is 13.5. The van der Waals surface area contributed by atoms with Crippen LogP contribution >= 0.6 is 25.3 Å². The van der Waals surface area contributed by atoms with E-state index < -0.39 is 0 Å². The van der Waals surface area contributed by atoms with Crippen molar-refractivity contribution >= 4 is 49.1 Å². The fourth-order valence-electron chi connectivity index (χ4n) is 2.58. The molecular weight excluding hydrogens is 388 g/mol. The molecule has 0 amide bonds. The Labute approximate surface area is 179 Å². The summed E-state index contributed by atoms with van der Waals surface area (Å²) >= 11 is 8.29. The van der Waals surface area contributed by atoms with E-state index in [0.29, 0.717) is 18.1 Å². The number of aromatic nitrogens is 1. The van der Waals surface area contributed by atoms with Crippen LogP contribution in [0.4, 0.5) is 5.69 Å². The minimum absolute atomic E-state index is 0.212. The van der Waals surface area contributed by atoms with Crippen molar-refractivity contribution in [2.45, 2.75) is 6.42 Å². The molecule has 1 aromatic carbocycles. The smallest absolute Gasteiger partial charge is 0.310 e. The molecule has 0 atom stereocenters. The third-order valence-corrected chi connectivity index (χ3v) is 5.34. The van der Waals surface area contributed by atoms with Crippen molar-refractivity contribution in [3.63, 3.8) is 0 Å². The summed E-state index contributed by atoms with van der Waals surface area (Å²) in [7, 11) is 4.05. The number of carbonyl (C=O) groups excluding carboxylic acids is 1. The number of benzene rings is 1. The molecule has 150 valence electrons. The molecule has 0 saturated heterocycles. The SMILES string of the molecule is CN(CCCOC(=O)C(CS)CS)c1ccc(/C=C/c2cc[n+](C)cc2)cc1. The van der Waals surface area contributed by atoms with Gasteiger partial charge in [-0.1, -0.05) is 24.3 Å². The van der Waals surface area contributed by atoms with Crippen molar-refractivity contribution in [1.82, 2.24) is 0 Å². The summed E-state index contributed by atoms with van der Waals surface area (Å²) in [6.07, 6.45) is 9.06. The number of aryl methyl sites for hydroxylation is 1. The zero-order chi connectivity index (χ0) is 20.4. The molecule has 0 fully saturated rings. The molecular formula is C22H29N2O2S2+. The second-order valence-electron chi connectivity index (χ2n) is 6.73. The summed E-state index contributed by atoms with van der Waals surface area (Å²) in [5, 5.41) is 0. The lowest BCUT2D eigenvalue weighted by Crippen LogP contribution is -2.25. The van der Waals surface area contributed by atoms with Gasteiger partial charge in [-0.3, -0.25) is 4.79 Å². The van der Waals surface area contributed by atoms with Crippen LogP contribution in [-0.4, -0.2) is 37.7 Å². The predicted molar refractivity (Wildman–Crippen MR) is 123 cm³/mol. The topological polar surface area (TPSA) is 33.4 Å². The number of hydrogen-bond donors (Lipinski definition) is 2. The first kappa shape index (κ1) is 22.4. The van der Waals surface area contributed by atoms with Crippen LogP contribution in [0.5, 0.6) is 0 Å². The van der Waals surface area contributed by atoms with Gasteiger partial charge in [0.2, 0.25) is 0 Å². The Hall–Kier alpha value is -1.92. The monoisotopic (exact) mass is 417 g/mol. The van der Waals surface area contributed by atoms with Gasteiger partial charge in [-0.2, -0.15) is 25.3 Å². The van der Waals surface area contributed by atoms with Gasteiger partial charge in [0.15, 0.2) is 12.4 Å². The van der Waals surface area contributed by atoms with Crippen molar-refractivity contribution in [1.29, 1.82) is 0 Å². The van der Waals surface area contributed by atoms with Crippen molar-refractivity contribution in [2.24, 2.45) is 13.0 Å². The number of anilines is 1. The number of rotatable bonds is 10. The quantitative estimate of drug-likeness (QED) is 0.269. The molecule has 4 nitrogen and oxygen atoms in total. The normalized spacial score (nSPS) is 11.2. The molecule has 0 aliphatic heterocycles. The summed E-state index contributed by atoms with van der Waals surface area (Å²) in [4.78, 5) is 14.0. The van der Waals surface area contributed by atoms with Crippen molar-refractivity contribution in [3.8, 4) is 0 Å². The molecule has 0 saturated carbocycles. The molecule has 2 rings (SSSR count). The lowest BCUT2D eigenvalue weighted by molar-refractivity contribution is -0.671. The average molecular weight is 418 g/mol. The Bertz CT molecular complexity index is 757. The van der Waals surface area contributed by atoms with E-state index in [2.05, 4.69) is 78.7 Å². The molecule has 0 N–H and O–H groups in total. The molecule has 2 aromatic rings. The number of hydrogen-bond acceptors (Lipinski definition) is 5. The van der Waals surface area contributed by atoms with E-state index in [-0.39, 0.29) is 11.9 Å². The second kappa shape index (κ2) is 11.8. The summed E-state index contributed by atoms with van der Waals surface area (Å²) in [5.41, 5.74) is 3.47. The van der Waals surface area contributed by atoms with Crippen molar-refractivity contribution < 1.29 is 14.1 Å². The molecule has 1 aromatic heterocycles. The van der Waals surface area contributed by atoms with Crippen LogP contribution in [0, 0.1) is 5.92 Å². The Kier molecular flexibility index (Phi) is 9.44. The first-order valence-electron chi connectivity index (χ1n) is 9.36. The summed E-state index contributed by atoms with van der Waals surface area (Å²) in [6.45, 7) is 1.23. The molecule has 0 spiro atoms. The lowest BCUT2D eigenvalue weighted by atomic mass is 10.1. The Morgan fingerprint density at radius 2 is 1.64 bits per heavy atom. The van der Waals surface area contributed by atoms with Crippen LogP contribution in [0.25, 0.3) is 12.2 Å². The van der Waals surface area contributed by atoms with Crippen molar-refractivity contribution in [3.05, 3.63) is 59.9 Å². The van der Waals surface area contributed by atoms with Gasteiger partial charge in [0.25, 0.3) is 0 Å². The summed E-state index contributed by atoms with van der Waals surface area (Å²) in [6, 6.07) is 12.6. The van der Waals surface area contributed by atoms with E-state index in [9.17, 15) is 4.79 Å². The van der Waals surface area contributed by atoms with Crippen LogP contribution in [0.2, 0.25) is 0 Å². The highest BCUT2D eigenvalue weighted by Gasteiger charge is 2.16. The van der Waals surface area contributed by atoms with Gasteiger partial charge in [0.05, 0.1) is 12.5 Å². The molecule has 1 heterocycles. The number of pyridine rings is 1. The highest BCUT2D eigenvalue weighted by Crippen LogP contribution is 2.16. The van der Waals surface area contributed by atoms with E-state index in [0.717, 1.165) is 24.2 Å². The van der Waals surface area contributed by atoms with E-state index in [1.165, 1.54) is 5.56 Å². The maximum atomic E-state index is 11.8. The van der Waals surface area contributed by atoms with Crippen LogP contribution in [0.15, 0.2) is 48.8 Å². The average Bonchev–Trinajstić information content (AvgIpc) is 2.72. The molecule has 28 heavy (non-hydrogen) atoms. The third kappa shape index (κ3) is 7.24. The first-order valence-corrected chi connectivity index (χ1v) is 10.6. The third-order valence-electron chi connectivity index (χ3n) is 4.46. The summed E-state index contributed by atoms with van der Waals surface area (Å²) in [5.74, 6) is 0.484. The lowest BCUT2D eigenvalue weighted by Gasteiger charge is -2.19. The fraction of sp³-hybridized carbons (Fsp3) is 0.364. The van der Waals surface area contributed by atoms with Gasteiger partial charge in [-0.05, 0) is 29.7 Å². The van der Waals surface area contributed by atoms with Crippen molar-refractivity contribution in [2.75, 3.05) is 36.6 Å². The van der Waals surface area contributed by atoms with Crippen LogP contribution in [0.1, 0.15) is 17.5 Å². The minimum Gasteiger partial charge on any atom is -0.465 e. The Morgan fingerprint density at radius 3 is 2.21 bits per heavy atom. The number of ether oxygens (including phenoxy) is 1. The maximum Gasteiger partial charge on any atom is 0.310 e. The van der Waals surface area contributed by atoms with E-state index in [4.69, 9.17) is 4.74 Å². The Balaban J connectivity index is 1.79. The summed E-state index contributed by atoms with van der Waals surface area (Å²) < 4.78 is 7.31. The molecule has 0 bridgehead atoms. The zero-order valence-electron chi connectivity index (χ0n) is 16.5. The number of esters is 1. The molecule has 6 heteroatoms. The highest BCUT2D eigenvalue weighted by molar-refractivity contribution is 7.81. The largest absolute Gasteiger partial charge is 0.465 e. The second-order valence-corrected chi connectivity index (χ2v) is 7.46. The van der Waals surface area contributed by atoms with Crippen LogP contribution < -0.4 is 9.47 Å². The zero-order valence-corrected chi connectivity index (χ0v) is 18.3. The molecule has 0 unspecified atom stereocenters. The fourth-order valence-corrected chi connectivity index (χ4v) is 3.34. The van der Waals surface area contributed by atoms with Gasteiger partial charge in [-0.25, -0.2) is 4.57 Å². The van der Waals surface area contributed by atoms with Gasteiger partial charge in [0, 0.05) is 42.9 Å². The standard InChI is InChI=1S/C22H28N2O2S2/c1-23-13-10-19(11-14-23)5-4-18-6-8-21(9-7-18)24(2)12-3-15-26-22(25)20(16-27)17-28/h4-11,13-14,20H,3,12,15-17H2,1-2H3,(H-,27,28)/p+1. The maximum absolute atomic E-state index is 11.8. The molecule has 0 aliphatic carbocycles. The van der Waals surface area contributed by atoms with Gasteiger partial charge in [0.1, 0.15) is 7.05 Å². The van der Waals surface area contributed by atoms with Crippen LogP contribution in [0.3, 0.4) is 0 Å². The Morgan fingerprint density at radius 1 is 1.07 bits per heavy atom. The predicted octanol–water partition coefficient (Wildman–Crippen LogP) is 3.53. The van der Waals surface area contributed by atoms with Crippen LogP contribution in [-0.2, 0) is 16.6 Å². The van der Waals surface area contributed by atoms with E-state index in [1.54, 1.807) is 0 Å². The van der Waals surface area contributed by atoms with Gasteiger partial charge in [-0.15, -0.1) is 0 Å². The van der Waals surface area contributed by atoms with Gasteiger partial charge >= 0.3 is 5.97 Å².